The van der Waals surface area contributed by atoms with Gasteiger partial charge >= 0.3 is 0 Å². The molecule has 0 saturated carbocycles. The zero-order valence-corrected chi connectivity index (χ0v) is 13.3. The lowest BCUT2D eigenvalue weighted by atomic mass is 10.2. The Kier molecular flexibility index (Phi) is 3.73. The number of hydrogen-bond acceptors (Lipinski definition) is 5. The van der Waals surface area contributed by atoms with Crippen molar-refractivity contribution in [2.24, 2.45) is 0 Å². The van der Waals surface area contributed by atoms with E-state index in [2.05, 4.69) is 15.9 Å². The van der Waals surface area contributed by atoms with E-state index in [1.54, 1.807) is 18.2 Å². The molecule has 1 saturated heterocycles. The molecule has 2 aromatic carbocycles. The lowest BCUT2D eigenvalue weighted by molar-refractivity contribution is -0.384. The molecular weight excluding hydrogens is 376 g/mol. The van der Waals surface area contributed by atoms with E-state index in [-0.39, 0.29) is 10.6 Å². The maximum atomic E-state index is 12.4. The quantitative estimate of drug-likeness (QED) is 0.458. The largest absolute Gasteiger partial charge is 0.269 e. The molecule has 2 aromatic rings. The van der Waals surface area contributed by atoms with Crippen LogP contribution >= 0.6 is 15.9 Å². The summed E-state index contributed by atoms with van der Waals surface area (Å²) < 4.78 is 26.4. The molecule has 9 heteroatoms. The number of rotatable bonds is 4. The van der Waals surface area contributed by atoms with Crippen LogP contribution in [0.5, 0.6) is 0 Å². The third-order valence-corrected chi connectivity index (χ3v) is 5.44. The van der Waals surface area contributed by atoms with Crippen molar-refractivity contribution in [1.29, 1.82) is 0 Å². The highest BCUT2D eigenvalue weighted by atomic mass is 79.9. The number of hydroxylamine groups is 1. The van der Waals surface area contributed by atoms with Gasteiger partial charge in [-0.25, -0.2) is 8.42 Å². The predicted molar refractivity (Wildman–Crippen MR) is 80.1 cm³/mol. The smallest absolute Gasteiger partial charge is 0.258 e. The highest BCUT2D eigenvalue weighted by molar-refractivity contribution is 9.10. The summed E-state index contributed by atoms with van der Waals surface area (Å²) in [5.74, 6) is 0. The van der Waals surface area contributed by atoms with E-state index >= 15 is 0 Å². The van der Waals surface area contributed by atoms with Crippen molar-refractivity contribution in [3.05, 3.63) is 68.7 Å². The van der Waals surface area contributed by atoms with Crippen LogP contribution in [0, 0.1) is 10.1 Å². The Morgan fingerprint density at radius 3 is 2.36 bits per heavy atom. The van der Waals surface area contributed by atoms with Gasteiger partial charge in [0, 0.05) is 22.2 Å². The number of benzene rings is 2. The third kappa shape index (κ3) is 2.63. The summed E-state index contributed by atoms with van der Waals surface area (Å²) in [6, 6.07) is 11.8. The zero-order valence-electron chi connectivity index (χ0n) is 10.9. The Morgan fingerprint density at radius 1 is 1.14 bits per heavy atom. The second kappa shape index (κ2) is 5.43. The third-order valence-electron chi connectivity index (χ3n) is 3.10. The lowest BCUT2D eigenvalue weighted by Gasteiger charge is -2.03. The van der Waals surface area contributed by atoms with Crippen molar-refractivity contribution in [2.45, 2.75) is 11.1 Å². The molecule has 1 aliphatic rings. The van der Waals surface area contributed by atoms with Crippen LogP contribution in [-0.2, 0) is 14.9 Å². The monoisotopic (exact) mass is 384 g/mol. The number of non-ortho nitro benzene ring substituents is 1. The number of halogens is 1. The summed E-state index contributed by atoms with van der Waals surface area (Å²) in [7, 11) is -3.85. The molecule has 0 N–H and O–H groups in total. The fraction of sp³-hybridized carbons (Fsp3) is 0.0769. The molecule has 0 bridgehead atoms. The van der Waals surface area contributed by atoms with Crippen LogP contribution in [-0.4, -0.2) is 17.8 Å². The van der Waals surface area contributed by atoms with E-state index in [1.807, 2.05) is 6.07 Å². The van der Waals surface area contributed by atoms with E-state index in [1.165, 1.54) is 12.1 Å². The van der Waals surface area contributed by atoms with Crippen molar-refractivity contribution in [1.82, 2.24) is 4.47 Å². The topological polar surface area (TPSA) is 92.8 Å². The molecule has 1 heterocycles. The van der Waals surface area contributed by atoms with Crippen molar-refractivity contribution in [2.75, 3.05) is 0 Å². The van der Waals surface area contributed by atoms with Gasteiger partial charge < -0.3 is 0 Å². The molecule has 1 unspecified atom stereocenters. The number of hydrogen-bond donors (Lipinski definition) is 0. The van der Waals surface area contributed by atoms with Crippen LogP contribution in [0.2, 0.25) is 0 Å². The van der Waals surface area contributed by atoms with Crippen molar-refractivity contribution in [3.63, 3.8) is 0 Å². The molecular formula is C13H9BrN2O5S. The molecule has 0 aliphatic carbocycles. The Morgan fingerprint density at radius 2 is 1.77 bits per heavy atom. The number of nitro benzene ring substituents is 1. The van der Waals surface area contributed by atoms with Gasteiger partial charge in [0.05, 0.1) is 9.82 Å². The van der Waals surface area contributed by atoms with Gasteiger partial charge in [0.15, 0.2) is 6.23 Å². The molecule has 0 amide bonds. The molecule has 0 aromatic heterocycles. The second-order valence-electron chi connectivity index (χ2n) is 4.49. The van der Waals surface area contributed by atoms with Gasteiger partial charge in [-0.1, -0.05) is 34.1 Å². The minimum atomic E-state index is -3.85. The van der Waals surface area contributed by atoms with E-state index in [0.29, 0.717) is 5.56 Å². The van der Waals surface area contributed by atoms with Crippen molar-refractivity contribution < 1.29 is 18.2 Å². The Labute approximate surface area is 134 Å². The van der Waals surface area contributed by atoms with Crippen LogP contribution < -0.4 is 0 Å². The molecule has 7 nitrogen and oxygen atoms in total. The molecule has 1 aliphatic heterocycles. The zero-order chi connectivity index (χ0) is 15.9. The predicted octanol–water partition coefficient (Wildman–Crippen LogP) is 2.99. The minimum absolute atomic E-state index is 0.0624. The molecule has 2 atom stereocenters. The van der Waals surface area contributed by atoms with Gasteiger partial charge in [-0.05, 0) is 22.7 Å². The average Bonchev–Trinajstić information content (AvgIpc) is 3.29. The fourth-order valence-corrected chi connectivity index (χ4v) is 3.67. The first-order valence-electron chi connectivity index (χ1n) is 6.11. The van der Waals surface area contributed by atoms with E-state index < -0.39 is 21.2 Å². The van der Waals surface area contributed by atoms with Gasteiger partial charge in [-0.15, -0.1) is 0 Å². The van der Waals surface area contributed by atoms with Crippen LogP contribution in [0.4, 0.5) is 5.69 Å². The number of sulfonamides is 1. The molecule has 3 rings (SSSR count). The first kappa shape index (κ1) is 15.1. The maximum absolute atomic E-state index is 12.4. The highest BCUT2D eigenvalue weighted by Gasteiger charge is 2.49. The Hall–Kier alpha value is -1.81. The first-order chi connectivity index (χ1) is 10.4. The minimum Gasteiger partial charge on any atom is -0.258 e. The highest BCUT2D eigenvalue weighted by Crippen LogP contribution is 2.44. The summed E-state index contributed by atoms with van der Waals surface area (Å²) in [4.78, 5) is 15.1. The summed E-state index contributed by atoms with van der Waals surface area (Å²) >= 11 is 3.34. The molecule has 22 heavy (non-hydrogen) atoms. The van der Waals surface area contributed by atoms with E-state index in [9.17, 15) is 18.5 Å². The van der Waals surface area contributed by atoms with Gasteiger partial charge in [-0.2, -0.15) is 0 Å². The average molecular weight is 385 g/mol. The SMILES string of the molecule is O=[N+]([O-])c1ccc(S(=O)(=O)N2O[C@H]2c2ccccc2Br)cc1. The second-order valence-corrected chi connectivity index (χ2v) is 7.13. The van der Waals surface area contributed by atoms with Gasteiger partial charge in [0.25, 0.3) is 15.7 Å². The van der Waals surface area contributed by atoms with Crippen LogP contribution in [0.3, 0.4) is 0 Å². The number of nitro groups is 1. The molecule has 1 fully saturated rings. The van der Waals surface area contributed by atoms with Crippen LogP contribution in [0.1, 0.15) is 11.8 Å². The van der Waals surface area contributed by atoms with E-state index in [0.717, 1.165) is 21.1 Å². The van der Waals surface area contributed by atoms with Crippen molar-refractivity contribution >= 4 is 31.6 Å². The molecule has 114 valence electrons. The van der Waals surface area contributed by atoms with Gasteiger partial charge in [0.1, 0.15) is 0 Å². The first-order valence-corrected chi connectivity index (χ1v) is 8.34. The fourth-order valence-electron chi connectivity index (χ4n) is 1.94. The van der Waals surface area contributed by atoms with Gasteiger partial charge in [0.2, 0.25) is 0 Å². The van der Waals surface area contributed by atoms with Crippen LogP contribution in [0.15, 0.2) is 57.9 Å². The number of nitrogens with zero attached hydrogens (tertiary/aromatic N) is 2. The Balaban J connectivity index is 1.86. The summed E-state index contributed by atoms with van der Waals surface area (Å²) in [6.45, 7) is 0. The van der Waals surface area contributed by atoms with Gasteiger partial charge in [-0.3, -0.25) is 15.0 Å². The summed E-state index contributed by atoms with van der Waals surface area (Å²) in [6.07, 6.45) is -0.698. The summed E-state index contributed by atoms with van der Waals surface area (Å²) in [5.41, 5.74) is 0.515. The maximum Gasteiger partial charge on any atom is 0.269 e. The normalized spacial score (nSPS) is 20.6. The van der Waals surface area contributed by atoms with Crippen LogP contribution in [0.25, 0.3) is 0 Å². The standard InChI is InChI=1S/C13H9BrN2O5S/c14-12-4-2-1-3-11(12)13-16(21-13)22(19,20)10-7-5-9(6-8-10)15(17)18/h1-8,13H/t13-,16?/m0/s1. The Bertz CT molecular complexity index is 838. The lowest BCUT2D eigenvalue weighted by Crippen LogP contribution is -2.12. The molecule has 0 radical (unpaired) electrons. The molecule has 0 spiro atoms. The van der Waals surface area contributed by atoms with Crippen molar-refractivity contribution in [3.8, 4) is 0 Å². The summed E-state index contributed by atoms with van der Waals surface area (Å²) in [5, 5.41) is 10.6. The van der Waals surface area contributed by atoms with E-state index in [4.69, 9.17) is 4.84 Å².